The fraction of sp³-hybridized carbons (Fsp3) is 0.300. The number of aryl methyl sites for hydroxylation is 1. The Bertz CT molecular complexity index is 1080. The Kier molecular flexibility index (Phi) is 5.35. The number of benzene rings is 2. The van der Waals surface area contributed by atoms with Crippen LogP contribution in [0.3, 0.4) is 0 Å². The molecule has 146 valence electrons. The Morgan fingerprint density at radius 3 is 2.71 bits per heavy atom. The Hall–Kier alpha value is -2.03. The average Bonchev–Trinajstić information content (AvgIpc) is 3.19. The van der Waals surface area contributed by atoms with E-state index in [-0.39, 0.29) is 5.92 Å². The second-order valence-electron chi connectivity index (χ2n) is 6.98. The van der Waals surface area contributed by atoms with Crippen LogP contribution in [0, 0.1) is 6.92 Å². The third kappa shape index (κ3) is 3.90. The molecular weight excluding hydrogens is 442 g/mol. The van der Waals surface area contributed by atoms with Gasteiger partial charge < -0.3 is 4.52 Å². The minimum Gasteiger partial charge on any atom is -0.339 e. The van der Waals surface area contributed by atoms with E-state index in [1.54, 1.807) is 12.1 Å². The molecule has 1 aliphatic rings. The Labute approximate surface area is 172 Å². The third-order valence-electron chi connectivity index (χ3n) is 4.92. The van der Waals surface area contributed by atoms with E-state index in [9.17, 15) is 8.42 Å². The zero-order chi connectivity index (χ0) is 19.7. The zero-order valence-electron chi connectivity index (χ0n) is 15.4. The summed E-state index contributed by atoms with van der Waals surface area (Å²) < 4.78 is 33.9. The maximum Gasteiger partial charge on any atom is 0.243 e. The number of halogens is 1. The molecule has 1 aliphatic heterocycles. The van der Waals surface area contributed by atoms with Crippen LogP contribution in [0.15, 0.2) is 62.4 Å². The van der Waals surface area contributed by atoms with Gasteiger partial charge >= 0.3 is 0 Å². The van der Waals surface area contributed by atoms with Gasteiger partial charge in [0.1, 0.15) is 0 Å². The van der Waals surface area contributed by atoms with Crippen molar-refractivity contribution in [3.63, 3.8) is 0 Å². The lowest BCUT2D eigenvalue weighted by molar-refractivity contribution is 0.265. The molecule has 0 bridgehead atoms. The van der Waals surface area contributed by atoms with E-state index in [2.05, 4.69) is 26.1 Å². The van der Waals surface area contributed by atoms with Crippen molar-refractivity contribution in [2.24, 2.45) is 0 Å². The number of hydrogen-bond donors (Lipinski definition) is 0. The smallest absolute Gasteiger partial charge is 0.243 e. The minimum absolute atomic E-state index is 0.109. The second kappa shape index (κ2) is 7.77. The summed E-state index contributed by atoms with van der Waals surface area (Å²) in [4.78, 5) is 4.84. The fourth-order valence-corrected chi connectivity index (χ4v) is 5.29. The molecule has 2 heterocycles. The molecule has 1 fully saturated rings. The molecule has 0 saturated carbocycles. The number of nitrogens with zero attached hydrogens (tertiary/aromatic N) is 3. The molecule has 1 aromatic heterocycles. The zero-order valence-corrected chi connectivity index (χ0v) is 17.8. The van der Waals surface area contributed by atoms with Crippen molar-refractivity contribution in [1.29, 1.82) is 0 Å². The van der Waals surface area contributed by atoms with Crippen molar-refractivity contribution in [3.05, 3.63) is 64.5 Å². The highest BCUT2D eigenvalue weighted by Gasteiger charge is 2.33. The van der Waals surface area contributed by atoms with Crippen molar-refractivity contribution in [2.45, 2.75) is 30.6 Å². The molecule has 0 amide bonds. The van der Waals surface area contributed by atoms with Crippen molar-refractivity contribution in [1.82, 2.24) is 14.4 Å². The minimum atomic E-state index is -3.53. The fourth-order valence-electron chi connectivity index (χ4n) is 3.37. The first-order valence-corrected chi connectivity index (χ1v) is 11.3. The van der Waals surface area contributed by atoms with Crippen LogP contribution in [0.5, 0.6) is 0 Å². The average molecular weight is 462 g/mol. The van der Waals surface area contributed by atoms with Gasteiger partial charge in [-0.1, -0.05) is 50.9 Å². The quantitative estimate of drug-likeness (QED) is 0.576. The van der Waals surface area contributed by atoms with E-state index < -0.39 is 10.0 Å². The van der Waals surface area contributed by atoms with Gasteiger partial charge in [-0.3, -0.25) is 0 Å². The molecule has 0 spiro atoms. The number of piperidine rings is 1. The summed E-state index contributed by atoms with van der Waals surface area (Å²) in [5.41, 5.74) is 1.88. The lowest BCUT2D eigenvalue weighted by Crippen LogP contribution is -2.39. The molecule has 2 aromatic carbocycles. The van der Waals surface area contributed by atoms with Crippen LogP contribution in [0.25, 0.3) is 11.4 Å². The molecule has 28 heavy (non-hydrogen) atoms. The van der Waals surface area contributed by atoms with Gasteiger partial charge in [-0.2, -0.15) is 9.29 Å². The highest BCUT2D eigenvalue weighted by molar-refractivity contribution is 9.10. The molecule has 0 N–H and O–H groups in total. The van der Waals surface area contributed by atoms with E-state index >= 15 is 0 Å². The molecule has 0 unspecified atom stereocenters. The number of sulfonamides is 1. The van der Waals surface area contributed by atoms with Crippen LogP contribution >= 0.6 is 15.9 Å². The van der Waals surface area contributed by atoms with Crippen LogP contribution in [-0.4, -0.2) is 36.0 Å². The molecule has 6 nitrogen and oxygen atoms in total. The van der Waals surface area contributed by atoms with Gasteiger partial charge in [0.25, 0.3) is 0 Å². The van der Waals surface area contributed by atoms with Gasteiger partial charge in [0, 0.05) is 23.1 Å². The first-order chi connectivity index (χ1) is 13.4. The highest BCUT2D eigenvalue weighted by atomic mass is 79.9. The van der Waals surface area contributed by atoms with Gasteiger partial charge in [-0.05, 0) is 44.0 Å². The van der Waals surface area contributed by atoms with Gasteiger partial charge in [0.15, 0.2) is 0 Å². The van der Waals surface area contributed by atoms with Gasteiger partial charge in [0.05, 0.1) is 10.8 Å². The van der Waals surface area contributed by atoms with Crippen molar-refractivity contribution >= 4 is 26.0 Å². The maximum absolute atomic E-state index is 13.0. The standard InChI is InChI=1S/C20H20BrN3O3S/c1-14-7-9-18(10-8-14)28(25,26)24-11-3-5-16(13-24)20-22-19(23-27-20)15-4-2-6-17(21)12-15/h2,4,6-10,12,16H,3,5,11,13H2,1H3/t16-/m1/s1. The van der Waals surface area contributed by atoms with E-state index in [1.807, 2.05) is 43.3 Å². The van der Waals surface area contributed by atoms with Crippen LogP contribution in [0.2, 0.25) is 0 Å². The molecule has 0 radical (unpaired) electrons. The van der Waals surface area contributed by atoms with Crippen molar-refractivity contribution in [3.8, 4) is 11.4 Å². The van der Waals surface area contributed by atoms with Crippen LogP contribution in [0.4, 0.5) is 0 Å². The van der Waals surface area contributed by atoms with Gasteiger partial charge in [0.2, 0.25) is 21.7 Å². The first-order valence-electron chi connectivity index (χ1n) is 9.10. The summed E-state index contributed by atoms with van der Waals surface area (Å²) in [7, 11) is -3.53. The van der Waals surface area contributed by atoms with E-state index in [0.717, 1.165) is 28.4 Å². The molecule has 4 rings (SSSR count). The Balaban J connectivity index is 1.55. The second-order valence-corrected chi connectivity index (χ2v) is 9.84. The van der Waals surface area contributed by atoms with E-state index in [1.165, 1.54) is 4.31 Å². The summed E-state index contributed by atoms with van der Waals surface area (Å²) in [5, 5.41) is 4.08. The topological polar surface area (TPSA) is 76.3 Å². The van der Waals surface area contributed by atoms with E-state index in [4.69, 9.17) is 4.52 Å². The molecule has 1 atom stereocenters. The summed E-state index contributed by atoms with van der Waals surface area (Å²) in [6.45, 7) is 2.78. The lowest BCUT2D eigenvalue weighted by atomic mass is 10.00. The van der Waals surface area contributed by atoms with Gasteiger partial charge in [-0.15, -0.1) is 0 Å². The molecular formula is C20H20BrN3O3S. The predicted molar refractivity (Wildman–Crippen MR) is 109 cm³/mol. The Morgan fingerprint density at radius 2 is 1.96 bits per heavy atom. The lowest BCUT2D eigenvalue weighted by Gasteiger charge is -2.30. The van der Waals surface area contributed by atoms with E-state index in [0.29, 0.717) is 29.7 Å². The van der Waals surface area contributed by atoms with Crippen molar-refractivity contribution in [2.75, 3.05) is 13.1 Å². The SMILES string of the molecule is Cc1ccc(S(=O)(=O)N2CCC[C@@H](c3nc(-c4cccc(Br)c4)no3)C2)cc1. The number of aromatic nitrogens is 2. The van der Waals surface area contributed by atoms with Gasteiger partial charge in [-0.25, -0.2) is 8.42 Å². The van der Waals surface area contributed by atoms with Crippen LogP contribution < -0.4 is 0 Å². The molecule has 1 saturated heterocycles. The van der Waals surface area contributed by atoms with Crippen molar-refractivity contribution < 1.29 is 12.9 Å². The van der Waals surface area contributed by atoms with Crippen LogP contribution in [-0.2, 0) is 10.0 Å². The summed E-state index contributed by atoms with van der Waals surface area (Å²) in [5.74, 6) is 0.885. The normalized spacial score (nSPS) is 18.3. The summed E-state index contributed by atoms with van der Waals surface area (Å²) in [6.07, 6.45) is 1.57. The molecule has 8 heteroatoms. The van der Waals surface area contributed by atoms with Crippen LogP contribution in [0.1, 0.15) is 30.2 Å². The summed E-state index contributed by atoms with van der Waals surface area (Å²) >= 11 is 3.44. The summed E-state index contributed by atoms with van der Waals surface area (Å²) in [6, 6.07) is 14.6. The first kappa shape index (κ1) is 19.3. The maximum atomic E-state index is 13.0. The molecule has 0 aliphatic carbocycles. The monoisotopic (exact) mass is 461 g/mol. The predicted octanol–water partition coefficient (Wildman–Crippen LogP) is 4.38. The third-order valence-corrected chi connectivity index (χ3v) is 7.29. The molecule has 3 aromatic rings. The Morgan fingerprint density at radius 1 is 1.18 bits per heavy atom. The largest absolute Gasteiger partial charge is 0.339 e. The number of rotatable bonds is 4. The number of hydrogen-bond acceptors (Lipinski definition) is 5. The highest BCUT2D eigenvalue weighted by Crippen LogP contribution is 2.31.